The third-order valence-electron chi connectivity index (χ3n) is 2.62. The molecule has 1 aromatic carbocycles. The molecule has 2 heterocycles. The summed E-state index contributed by atoms with van der Waals surface area (Å²) < 4.78 is 10.9. The van der Waals surface area contributed by atoms with Crippen LogP contribution in [0.2, 0.25) is 5.02 Å². The van der Waals surface area contributed by atoms with Crippen LogP contribution < -0.4 is 20.5 Å². The van der Waals surface area contributed by atoms with Crippen molar-refractivity contribution in [2.45, 2.75) is 0 Å². The van der Waals surface area contributed by atoms with Gasteiger partial charge in [-0.2, -0.15) is 0 Å². The maximum atomic E-state index is 6.02. The highest BCUT2D eigenvalue weighted by molar-refractivity contribution is 6.35. The molecule has 1 aliphatic rings. The summed E-state index contributed by atoms with van der Waals surface area (Å²) in [6, 6.07) is 5.50. The van der Waals surface area contributed by atoms with E-state index in [0.717, 1.165) is 11.4 Å². The number of rotatable bonds is 2. The van der Waals surface area contributed by atoms with Crippen LogP contribution >= 0.6 is 11.6 Å². The Balaban J connectivity index is 1.89. The number of halogens is 1. The van der Waals surface area contributed by atoms with E-state index in [0.29, 0.717) is 24.8 Å². The number of nitrogens with one attached hydrogen (secondary N) is 1. The molecule has 0 amide bonds. The first-order valence-corrected chi connectivity index (χ1v) is 6.04. The number of aromatic nitrogens is 2. The number of hydrogen-bond donors (Lipinski definition) is 2. The third-order valence-corrected chi connectivity index (χ3v) is 2.99. The highest BCUT2D eigenvalue weighted by Crippen LogP contribution is 2.34. The van der Waals surface area contributed by atoms with Gasteiger partial charge in [-0.25, -0.2) is 9.97 Å². The van der Waals surface area contributed by atoms with Crippen molar-refractivity contribution in [3.05, 3.63) is 29.5 Å². The van der Waals surface area contributed by atoms with Gasteiger partial charge in [0.05, 0.1) is 0 Å². The van der Waals surface area contributed by atoms with Crippen molar-refractivity contribution in [3.63, 3.8) is 0 Å². The van der Waals surface area contributed by atoms with E-state index in [2.05, 4.69) is 15.3 Å². The Morgan fingerprint density at radius 3 is 2.79 bits per heavy atom. The van der Waals surface area contributed by atoms with Gasteiger partial charge in [0.1, 0.15) is 30.4 Å². The monoisotopic (exact) mass is 278 g/mol. The molecule has 7 heteroatoms. The second-order valence-corrected chi connectivity index (χ2v) is 4.28. The van der Waals surface area contributed by atoms with E-state index in [-0.39, 0.29) is 10.8 Å². The van der Waals surface area contributed by atoms with Gasteiger partial charge < -0.3 is 20.5 Å². The number of nitrogens with zero attached hydrogens (tertiary/aromatic N) is 2. The van der Waals surface area contributed by atoms with Gasteiger partial charge in [0.2, 0.25) is 0 Å². The third kappa shape index (κ3) is 2.34. The summed E-state index contributed by atoms with van der Waals surface area (Å²) in [6.45, 7) is 1.10. The van der Waals surface area contributed by atoms with Crippen molar-refractivity contribution in [2.75, 3.05) is 24.3 Å². The summed E-state index contributed by atoms with van der Waals surface area (Å²) in [6.07, 6.45) is 1.35. The lowest BCUT2D eigenvalue weighted by Crippen LogP contribution is -2.15. The predicted molar refractivity (Wildman–Crippen MR) is 72.2 cm³/mol. The molecule has 0 bridgehead atoms. The quantitative estimate of drug-likeness (QED) is 0.876. The fraction of sp³-hybridized carbons (Fsp3) is 0.167. The number of ether oxygens (including phenoxy) is 2. The van der Waals surface area contributed by atoms with Crippen LogP contribution in [0.15, 0.2) is 24.5 Å². The minimum atomic E-state index is 0.233. The SMILES string of the molecule is Nc1ncnc(Nc2ccc3c(c2)OCCO3)c1Cl. The van der Waals surface area contributed by atoms with Gasteiger partial charge in [0.25, 0.3) is 0 Å². The molecule has 98 valence electrons. The topological polar surface area (TPSA) is 82.3 Å². The fourth-order valence-electron chi connectivity index (χ4n) is 1.73. The van der Waals surface area contributed by atoms with Crippen LogP contribution in [0.5, 0.6) is 11.5 Å². The lowest BCUT2D eigenvalue weighted by atomic mass is 10.2. The molecule has 19 heavy (non-hydrogen) atoms. The fourth-order valence-corrected chi connectivity index (χ4v) is 1.87. The van der Waals surface area contributed by atoms with Gasteiger partial charge in [0, 0.05) is 11.8 Å². The van der Waals surface area contributed by atoms with Gasteiger partial charge in [-0.15, -0.1) is 0 Å². The van der Waals surface area contributed by atoms with Crippen molar-refractivity contribution in [1.29, 1.82) is 0 Å². The number of nitrogen functional groups attached to an aromatic ring is 1. The minimum Gasteiger partial charge on any atom is -0.486 e. The molecule has 0 aliphatic carbocycles. The molecule has 3 N–H and O–H groups in total. The smallest absolute Gasteiger partial charge is 0.163 e. The predicted octanol–water partition coefficient (Wildman–Crippen LogP) is 2.23. The lowest BCUT2D eigenvalue weighted by molar-refractivity contribution is 0.171. The van der Waals surface area contributed by atoms with Crippen LogP contribution in [0.25, 0.3) is 0 Å². The van der Waals surface area contributed by atoms with E-state index in [1.807, 2.05) is 18.2 Å². The van der Waals surface area contributed by atoms with E-state index in [9.17, 15) is 0 Å². The second-order valence-electron chi connectivity index (χ2n) is 3.90. The Hall–Kier alpha value is -2.21. The van der Waals surface area contributed by atoms with E-state index < -0.39 is 0 Å². The Kier molecular flexibility index (Phi) is 3.00. The van der Waals surface area contributed by atoms with Crippen LogP contribution in [0.1, 0.15) is 0 Å². The van der Waals surface area contributed by atoms with E-state index >= 15 is 0 Å². The average molecular weight is 279 g/mol. The maximum Gasteiger partial charge on any atom is 0.163 e. The van der Waals surface area contributed by atoms with Gasteiger partial charge in [-0.1, -0.05) is 11.6 Å². The Morgan fingerprint density at radius 1 is 1.16 bits per heavy atom. The van der Waals surface area contributed by atoms with Gasteiger partial charge in [0.15, 0.2) is 17.3 Å². The molecule has 0 saturated carbocycles. The van der Waals surface area contributed by atoms with Gasteiger partial charge in [-0.05, 0) is 12.1 Å². The molecule has 0 spiro atoms. The number of nitrogens with two attached hydrogens (primary N) is 1. The summed E-state index contributed by atoms with van der Waals surface area (Å²) in [5.74, 6) is 2.10. The Labute approximate surface area is 114 Å². The molecule has 3 rings (SSSR count). The van der Waals surface area contributed by atoms with Crippen LogP contribution in [0, 0.1) is 0 Å². The highest BCUT2D eigenvalue weighted by Gasteiger charge is 2.13. The summed E-state index contributed by atoms with van der Waals surface area (Å²) in [5.41, 5.74) is 6.40. The number of hydrogen-bond acceptors (Lipinski definition) is 6. The molecule has 1 aromatic heterocycles. The van der Waals surface area contributed by atoms with E-state index in [1.165, 1.54) is 6.33 Å². The van der Waals surface area contributed by atoms with Crippen LogP contribution in [0.4, 0.5) is 17.3 Å². The highest BCUT2D eigenvalue weighted by atomic mass is 35.5. The second kappa shape index (κ2) is 4.81. The summed E-state index contributed by atoms with van der Waals surface area (Å²) >= 11 is 6.02. The molecule has 0 unspecified atom stereocenters. The summed E-state index contributed by atoms with van der Waals surface area (Å²) in [7, 11) is 0. The van der Waals surface area contributed by atoms with Crippen molar-refractivity contribution in [2.24, 2.45) is 0 Å². The van der Waals surface area contributed by atoms with Gasteiger partial charge >= 0.3 is 0 Å². The molecule has 6 nitrogen and oxygen atoms in total. The Morgan fingerprint density at radius 2 is 1.95 bits per heavy atom. The summed E-state index contributed by atoms with van der Waals surface area (Å²) in [4.78, 5) is 7.84. The number of anilines is 3. The van der Waals surface area contributed by atoms with Crippen LogP contribution in [-0.4, -0.2) is 23.2 Å². The van der Waals surface area contributed by atoms with Crippen molar-refractivity contribution < 1.29 is 9.47 Å². The van der Waals surface area contributed by atoms with E-state index in [4.69, 9.17) is 26.8 Å². The molecule has 0 fully saturated rings. The normalized spacial score (nSPS) is 13.1. The van der Waals surface area contributed by atoms with Crippen molar-refractivity contribution in [3.8, 4) is 11.5 Å². The molecule has 0 saturated heterocycles. The minimum absolute atomic E-state index is 0.233. The van der Waals surface area contributed by atoms with Crippen molar-refractivity contribution in [1.82, 2.24) is 9.97 Å². The number of benzene rings is 1. The first-order chi connectivity index (χ1) is 9.24. The van der Waals surface area contributed by atoms with E-state index in [1.54, 1.807) is 0 Å². The van der Waals surface area contributed by atoms with Crippen LogP contribution in [-0.2, 0) is 0 Å². The average Bonchev–Trinajstić information content (AvgIpc) is 2.44. The first-order valence-electron chi connectivity index (χ1n) is 5.66. The van der Waals surface area contributed by atoms with Crippen molar-refractivity contribution >= 4 is 28.9 Å². The maximum absolute atomic E-state index is 6.02. The zero-order chi connectivity index (χ0) is 13.2. The first kappa shape index (κ1) is 11.9. The lowest BCUT2D eigenvalue weighted by Gasteiger charge is -2.19. The summed E-state index contributed by atoms with van der Waals surface area (Å²) in [5, 5.41) is 3.35. The molecular weight excluding hydrogens is 268 g/mol. The Bertz CT molecular complexity index is 621. The molecule has 2 aromatic rings. The zero-order valence-corrected chi connectivity index (χ0v) is 10.6. The molecular formula is C12H11ClN4O2. The number of fused-ring (bicyclic) bond motifs is 1. The van der Waals surface area contributed by atoms with Crippen LogP contribution in [0.3, 0.4) is 0 Å². The molecule has 1 aliphatic heterocycles. The molecule has 0 atom stereocenters. The largest absolute Gasteiger partial charge is 0.486 e. The standard InChI is InChI=1S/C12H11ClN4O2/c13-10-11(14)15-6-16-12(10)17-7-1-2-8-9(5-7)19-4-3-18-8/h1-2,5-6H,3-4H2,(H3,14,15,16,17). The molecule has 0 radical (unpaired) electrons. The van der Waals surface area contributed by atoms with Gasteiger partial charge in [-0.3, -0.25) is 0 Å². The zero-order valence-electron chi connectivity index (χ0n) is 9.89.